The third-order valence-electron chi connectivity index (χ3n) is 5.92. The molecule has 7 heteroatoms. The van der Waals surface area contributed by atoms with Crippen molar-refractivity contribution in [3.05, 3.63) is 81.5 Å². The van der Waals surface area contributed by atoms with Crippen LogP contribution < -0.4 is 15.0 Å². The highest BCUT2D eigenvalue weighted by Crippen LogP contribution is 2.30. The van der Waals surface area contributed by atoms with Crippen LogP contribution in [0.25, 0.3) is 0 Å². The number of halogens is 1. The number of rotatable bonds is 7. The van der Waals surface area contributed by atoms with Crippen LogP contribution in [0.15, 0.2) is 66.0 Å². The van der Waals surface area contributed by atoms with Gasteiger partial charge in [-0.25, -0.2) is 0 Å². The fourth-order valence-electron chi connectivity index (χ4n) is 4.22. The molecule has 1 aliphatic heterocycles. The average Bonchev–Trinajstić information content (AvgIpc) is 3.34. The number of carbonyl (C=O) groups is 1. The van der Waals surface area contributed by atoms with Gasteiger partial charge in [0.2, 0.25) is 0 Å². The summed E-state index contributed by atoms with van der Waals surface area (Å²) in [5, 5.41) is 5.94. The van der Waals surface area contributed by atoms with Gasteiger partial charge in [-0.2, -0.15) is 0 Å². The quantitative estimate of drug-likeness (QED) is 0.523. The summed E-state index contributed by atoms with van der Waals surface area (Å²) in [5.41, 5.74) is 1.83. The lowest BCUT2D eigenvalue weighted by atomic mass is 10.0. The van der Waals surface area contributed by atoms with E-state index in [-0.39, 0.29) is 18.0 Å². The third kappa shape index (κ3) is 5.26. The summed E-state index contributed by atoms with van der Waals surface area (Å²) in [4.78, 5) is 19.0. The fourth-order valence-corrected chi connectivity index (χ4v) is 5.31. The number of carbonyl (C=O) groups excluding carboxylic acids is 1. The molecule has 1 fully saturated rings. The monoisotopic (exact) mass is 469 g/mol. The Morgan fingerprint density at radius 2 is 1.72 bits per heavy atom. The molecule has 2 atom stereocenters. The van der Waals surface area contributed by atoms with E-state index in [1.807, 2.05) is 12.1 Å². The molecule has 3 aromatic rings. The number of amides is 1. The number of hydrogen-bond donors (Lipinski definition) is 1. The summed E-state index contributed by atoms with van der Waals surface area (Å²) >= 11 is 7.71. The minimum Gasteiger partial charge on any atom is -0.497 e. The Labute approximate surface area is 198 Å². The minimum absolute atomic E-state index is 0.0376. The van der Waals surface area contributed by atoms with Crippen molar-refractivity contribution in [2.75, 3.05) is 38.2 Å². The molecule has 1 aromatic heterocycles. The average molecular weight is 470 g/mol. The summed E-state index contributed by atoms with van der Waals surface area (Å²) < 4.78 is 5.28. The predicted molar refractivity (Wildman–Crippen MR) is 132 cm³/mol. The van der Waals surface area contributed by atoms with Crippen molar-refractivity contribution in [3.63, 3.8) is 0 Å². The molecule has 1 N–H and O–H groups in total. The molecule has 1 aliphatic rings. The number of benzene rings is 2. The Balaban J connectivity index is 1.44. The van der Waals surface area contributed by atoms with E-state index in [1.54, 1.807) is 42.7 Å². The van der Waals surface area contributed by atoms with E-state index in [2.05, 4.69) is 51.7 Å². The van der Waals surface area contributed by atoms with Gasteiger partial charge in [0.05, 0.1) is 13.2 Å². The number of hydrogen-bond acceptors (Lipinski definition) is 5. The maximum atomic E-state index is 12.8. The van der Waals surface area contributed by atoms with Crippen molar-refractivity contribution in [1.29, 1.82) is 0 Å². The molecular formula is C25H28ClN3O2S. The van der Waals surface area contributed by atoms with Crippen molar-refractivity contribution in [1.82, 2.24) is 10.2 Å². The van der Waals surface area contributed by atoms with Crippen LogP contribution in [0.1, 0.15) is 28.2 Å². The van der Waals surface area contributed by atoms with Crippen LogP contribution in [0.3, 0.4) is 0 Å². The van der Waals surface area contributed by atoms with E-state index >= 15 is 0 Å². The maximum absolute atomic E-state index is 12.8. The van der Waals surface area contributed by atoms with Gasteiger partial charge in [-0.3, -0.25) is 9.69 Å². The number of piperazine rings is 1. The predicted octanol–water partition coefficient (Wildman–Crippen LogP) is 5.09. The molecule has 4 rings (SSSR count). The standard InChI is InChI=1S/C25H28ClN3O2S/c1-18(27-25(30)19-5-7-20(26)8-6-19)24(23-4-3-17-32-23)29-15-13-28(14-16-29)21-9-11-22(31-2)12-10-21/h3-12,17-18,24H,13-16H2,1-2H3,(H,27,30)/t18-,24+/m1/s1. The van der Waals surface area contributed by atoms with Crippen molar-refractivity contribution < 1.29 is 9.53 Å². The van der Waals surface area contributed by atoms with Crippen LogP contribution in [0.4, 0.5) is 5.69 Å². The van der Waals surface area contributed by atoms with Crippen molar-refractivity contribution >= 4 is 34.5 Å². The molecule has 0 aliphatic carbocycles. The molecule has 2 heterocycles. The van der Waals surface area contributed by atoms with Crippen molar-refractivity contribution in [2.45, 2.75) is 19.0 Å². The topological polar surface area (TPSA) is 44.8 Å². The van der Waals surface area contributed by atoms with Crippen LogP contribution in [-0.4, -0.2) is 50.1 Å². The number of nitrogens with zero attached hydrogens (tertiary/aromatic N) is 2. The van der Waals surface area contributed by atoms with Crippen LogP contribution in [-0.2, 0) is 0 Å². The zero-order valence-corrected chi connectivity index (χ0v) is 19.9. The number of anilines is 1. The second-order valence-corrected chi connectivity index (χ2v) is 9.37. The first-order valence-corrected chi connectivity index (χ1v) is 12.0. The second kappa shape index (κ2) is 10.4. The normalized spacial score (nSPS) is 16.4. The molecule has 5 nitrogen and oxygen atoms in total. The molecule has 0 spiro atoms. The molecular weight excluding hydrogens is 442 g/mol. The number of ether oxygens (including phenoxy) is 1. The van der Waals surface area contributed by atoms with E-state index in [9.17, 15) is 4.79 Å². The first-order valence-electron chi connectivity index (χ1n) is 10.8. The molecule has 32 heavy (non-hydrogen) atoms. The molecule has 2 aromatic carbocycles. The van der Waals surface area contributed by atoms with Crippen molar-refractivity contribution in [2.24, 2.45) is 0 Å². The van der Waals surface area contributed by atoms with E-state index < -0.39 is 0 Å². The van der Waals surface area contributed by atoms with Crippen LogP contribution in [0.5, 0.6) is 5.75 Å². The SMILES string of the molecule is COc1ccc(N2CCN([C@H](c3cccs3)[C@@H](C)NC(=O)c3ccc(Cl)cc3)CC2)cc1. The molecule has 0 unspecified atom stereocenters. The van der Waals surface area contributed by atoms with Gasteiger partial charge >= 0.3 is 0 Å². The Morgan fingerprint density at radius 3 is 2.31 bits per heavy atom. The first-order chi connectivity index (χ1) is 15.5. The van der Waals surface area contributed by atoms with Gasteiger partial charge in [0.1, 0.15) is 5.75 Å². The summed E-state index contributed by atoms with van der Waals surface area (Å²) in [6.07, 6.45) is 0. The molecule has 0 bridgehead atoms. The Bertz CT molecular complexity index is 1000. The molecule has 168 valence electrons. The number of methoxy groups -OCH3 is 1. The smallest absolute Gasteiger partial charge is 0.251 e. The summed E-state index contributed by atoms with van der Waals surface area (Å²) in [6, 6.07) is 19.6. The Morgan fingerprint density at radius 1 is 1.03 bits per heavy atom. The largest absolute Gasteiger partial charge is 0.497 e. The van der Waals surface area contributed by atoms with Gasteiger partial charge in [0.15, 0.2) is 0 Å². The van der Waals surface area contributed by atoms with Gasteiger partial charge in [-0.05, 0) is 66.9 Å². The van der Waals surface area contributed by atoms with E-state index in [4.69, 9.17) is 16.3 Å². The zero-order valence-electron chi connectivity index (χ0n) is 18.3. The van der Waals surface area contributed by atoms with Gasteiger partial charge < -0.3 is 15.0 Å². The van der Waals surface area contributed by atoms with Crippen LogP contribution in [0, 0.1) is 0 Å². The molecule has 0 radical (unpaired) electrons. The Hall–Kier alpha value is -2.54. The third-order valence-corrected chi connectivity index (χ3v) is 7.11. The lowest BCUT2D eigenvalue weighted by molar-refractivity contribution is 0.0890. The van der Waals surface area contributed by atoms with Gasteiger partial charge in [0.25, 0.3) is 5.91 Å². The zero-order chi connectivity index (χ0) is 22.5. The summed E-state index contributed by atoms with van der Waals surface area (Å²) in [5.74, 6) is 0.794. The Kier molecular flexibility index (Phi) is 7.35. The minimum atomic E-state index is -0.0763. The van der Waals surface area contributed by atoms with E-state index in [0.29, 0.717) is 10.6 Å². The summed E-state index contributed by atoms with van der Waals surface area (Å²) in [6.45, 7) is 5.82. The molecule has 0 saturated carbocycles. The van der Waals surface area contributed by atoms with Crippen LogP contribution in [0.2, 0.25) is 5.02 Å². The second-order valence-electron chi connectivity index (χ2n) is 7.95. The lowest BCUT2D eigenvalue weighted by Gasteiger charge is -2.42. The lowest BCUT2D eigenvalue weighted by Crippen LogP contribution is -2.52. The summed E-state index contributed by atoms with van der Waals surface area (Å²) in [7, 11) is 1.69. The van der Waals surface area contributed by atoms with Crippen LogP contribution >= 0.6 is 22.9 Å². The highest BCUT2D eigenvalue weighted by atomic mass is 35.5. The van der Waals surface area contributed by atoms with Crippen molar-refractivity contribution in [3.8, 4) is 5.75 Å². The number of thiophene rings is 1. The van der Waals surface area contributed by atoms with Gasteiger partial charge in [-0.15, -0.1) is 11.3 Å². The highest BCUT2D eigenvalue weighted by Gasteiger charge is 2.31. The van der Waals surface area contributed by atoms with Gasteiger partial charge in [-0.1, -0.05) is 17.7 Å². The molecule has 1 saturated heterocycles. The van der Waals surface area contributed by atoms with E-state index in [1.165, 1.54) is 10.6 Å². The van der Waals surface area contributed by atoms with Gasteiger partial charge in [0, 0.05) is 53.4 Å². The molecule has 1 amide bonds. The van der Waals surface area contributed by atoms with E-state index in [0.717, 1.165) is 31.9 Å². The first kappa shape index (κ1) is 22.6. The maximum Gasteiger partial charge on any atom is 0.251 e. The fraction of sp³-hybridized carbons (Fsp3) is 0.320. The number of nitrogens with one attached hydrogen (secondary N) is 1. The highest BCUT2D eigenvalue weighted by molar-refractivity contribution is 7.10.